The Labute approximate surface area is 187 Å². The van der Waals surface area contributed by atoms with Gasteiger partial charge in [0.25, 0.3) is 5.91 Å². The fourth-order valence-electron chi connectivity index (χ4n) is 3.25. The lowest BCUT2D eigenvalue weighted by Gasteiger charge is -2.22. The minimum Gasteiger partial charge on any atom is -0.495 e. The molecule has 0 aliphatic rings. The van der Waals surface area contributed by atoms with Crippen LogP contribution in [0.2, 0.25) is 0 Å². The topological polar surface area (TPSA) is 70.7 Å². The van der Waals surface area contributed by atoms with Crippen molar-refractivity contribution in [2.45, 2.75) is 13.3 Å². The molecule has 2 amide bonds. The number of carbonyl (C=O) groups is 2. The maximum Gasteiger partial charge on any atom is 0.255 e. The molecule has 0 unspecified atom stereocenters. The van der Waals surface area contributed by atoms with E-state index in [1.54, 1.807) is 49.6 Å². The van der Waals surface area contributed by atoms with Crippen LogP contribution < -0.4 is 20.3 Å². The lowest BCUT2D eigenvalue weighted by Crippen LogP contribution is -2.27. The van der Waals surface area contributed by atoms with Crippen LogP contribution in [-0.4, -0.2) is 32.0 Å². The lowest BCUT2D eigenvalue weighted by atomic mass is 10.2. The average Bonchev–Trinajstić information content (AvgIpc) is 2.80. The van der Waals surface area contributed by atoms with Gasteiger partial charge in [-0.25, -0.2) is 4.39 Å². The third-order valence-corrected chi connectivity index (χ3v) is 4.95. The van der Waals surface area contributed by atoms with E-state index in [2.05, 4.69) is 10.6 Å². The number of benzene rings is 3. The first-order valence-corrected chi connectivity index (χ1v) is 10.3. The van der Waals surface area contributed by atoms with E-state index < -0.39 is 0 Å². The molecule has 0 aliphatic carbocycles. The van der Waals surface area contributed by atoms with Gasteiger partial charge in [0.05, 0.1) is 12.8 Å². The molecule has 0 atom stereocenters. The van der Waals surface area contributed by atoms with Crippen molar-refractivity contribution in [3.8, 4) is 5.75 Å². The molecule has 7 heteroatoms. The number of halogens is 1. The molecule has 32 heavy (non-hydrogen) atoms. The summed E-state index contributed by atoms with van der Waals surface area (Å²) in [6.07, 6.45) is 0.250. The van der Waals surface area contributed by atoms with Gasteiger partial charge in [-0.1, -0.05) is 18.2 Å². The second-order valence-electron chi connectivity index (χ2n) is 7.09. The maximum absolute atomic E-state index is 13.5. The third-order valence-electron chi connectivity index (χ3n) is 4.95. The molecule has 0 aromatic heterocycles. The molecule has 0 radical (unpaired) electrons. The molecule has 3 aromatic rings. The Morgan fingerprint density at radius 3 is 2.41 bits per heavy atom. The van der Waals surface area contributed by atoms with E-state index in [9.17, 15) is 14.0 Å². The highest BCUT2D eigenvalue weighted by Crippen LogP contribution is 2.24. The Morgan fingerprint density at radius 1 is 0.969 bits per heavy atom. The smallest absolute Gasteiger partial charge is 0.255 e. The highest BCUT2D eigenvalue weighted by atomic mass is 19.1. The van der Waals surface area contributed by atoms with E-state index in [1.807, 2.05) is 30.0 Å². The third kappa shape index (κ3) is 6.07. The predicted molar refractivity (Wildman–Crippen MR) is 125 cm³/mol. The first-order chi connectivity index (χ1) is 15.5. The number of nitrogens with zero attached hydrogens (tertiary/aromatic N) is 1. The number of anilines is 3. The number of rotatable bonds is 9. The van der Waals surface area contributed by atoms with E-state index >= 15 is 0 Å². The van der Waals surface area contributed by atoms with Crippen LogP contribution in [0.4, 0.5) is 21.5 Å². The van der Waals surface area contributed by atoms with Crippen LogP contribution in [0.25, 0.3) is 0 Å². The van der Waals surface area contributed by atoms with Crippen molar-refractivity contribution in [1.29, 1.82) is 0 Å². The zero-order chi connectivity index (χ0) is 22.9. The van der Waals surface area contributed by atoms with Crippen LogP contribution >= 0.6 is 0 Å². The normalized spacial score (nSPS) is 10.3. The number of hydrogen-bond donors (Lipinski definition) is 2. The summed E-state index contributed by atoms with van der Waals surface area (Å²) in [5.41, 5.74) is 2.37. The Balaban J connectivity index is 1.54. The fourth-order valence-corrected chi connectivity index (χ4v) is 3.25. The summed E-state index contributed by atoms with van der Waals surface area (Å²) in [5, 5.41) is 5.64. The summed E-state index contributed by atoms with van der Waals surface area (Å²) in [7, 11) is 1.54. The minimum absolute atomic E-state index is 0.161. The Morgan fingerprint density at radius 2 is 1.72 bits per heavy atom. The summed E-state index contributed by atoms with van der Waals surface area (Å²) >= 11 is 0. The zero-order valence-corrected chi connectivity index (χ0v) is 18.1. The molecule has 0 bridgehead atoms. The van der Waals surface area contributed by atoms with Gasteiger partial charge in [-0.15, -0.1) is 0 Å². The molecular weight excluding hydrogens is 409 g/mol. The van der Waals surface area contributed by atoms with Crippen molar-refractivity contribution in [1.82, 2.24) is 0 Å². The Hall–Kier alpha value is -3.87. The fraction of sp³-hybridized carbons (Fsp3) is 0.200. The Bertz CT molecular complexity index is 1070. The lowest BCUT2D eigenvalue weighted by molar-refractivity contribution is -0.116. The van der Waals surface area contributed by atoms with Crippen molar-refractivity contribution in [2.24, 2.45) is 0 Å². The van der Waals surface area contributed by atoms with Crippen LogP contribution in [0.1, 0.15) is 23.7 Å². The van der Waals surface area contributed by atoms with Crippen LogP contribution in [-0.2, 0) is 4.79 Å². The van der Waals surface area contributed by atoms with Crippen molar-refractivity contribution < 1.29 is 18.7 Å². The summed E-state index contributed by atoms with van der Waals surface area (Å²) in [6, 6.07) is 20.1. The minimum atomic E-state index is -0.305. The van der Waals surface area contributed by atoms with Crippen molar-refractivity contribution in [2.75, 3.05) is 35.7 Å². The number of ether oxygens (including phenoxy) is 1. The summed E-state index contributed by atoms with van der Waals surface area (Å²) in [4.78, 5) is 26.8. The summed E-state index contributed by atoms with van der Waals surface area (Å²) < 4.78 is 18.7. The number of amides is 2. The number of methoxy groups -OCH3 is 1. The molecule has 0 saturated carbocycles. The molecule has 3 aromatic carbocycles. The van der Waals surface area contributed by atoms with Gasteiger partial charge in [-0.3, -0.25) is 9.59 Å². The second kappa shape index (κ2) is 10.9. The maximum atomic E-state index is 13.5. The monoisotopic (exact) mass is 435 g/mol. The first kappa shape index (κ1) is 22.8. The largest absolute Gasteiger partial charge is 0.495 e. The first-order valence-electron chi connectivity index (χ1n) is 10.3. The van der Waals surface area contributed by atoms with E-state index in [0.717, 1.165) is 5.69 Å². The SMILES string of the molecule is CCN(CCC(=O)Nc1ccc(C(=O)Nc2ccccc2OC)cc1)c1cccc(F)c1. The summed E-state index contributed by atoms with van der Waals surface area (Å²) in [6.45, 7) is 3.08. The van der Waals surface area contributed by atoms with E-state index in [4.69, 9.17) is 4.74 Å². The highest BCUT2D eigenvalue weighted by Gasteiger charge is 2.11. The number of carbonyl (C=O) groups excluding carboxylic acids is 2. The van der Waals surface area contributed by atoms with Gasteiger partial charge in [0.15, 0.2) is 0 Å². The van der Waals surface area contributed by atoms with Crippen LogP contribution in [0.3, 0.4) is 0 Å². The number of nitrogens with one attached hydrogen (secondary N) is 2. The van der Waals surface area contributed by atoms with Crippen LogP contribution in [0.5, 0.6) is 5.75 Å². The van der Waals surface area contributed by atoms with Gasteiger partial charge >= 0.3 is 0 Å². The molecule has 3 rings (SSSR count). The Kier molecular flexibility index (Phi) is 7.80. The second-order valence-corrected chi connectivity index (χ2v) is 7.09. The van der Waals surface area contributed by atoms with Gasteiger partial charge in [0.2, 0.25) is 5.91 Å². The molecule has 0 fully saturated rings. The standard InChI is InChI=1S/C25H26FN3O3/c1-3-29(21-8-6-7-19(26)17-21)16-15-24(30)27-20-13-11-18(12-14-20)25(31)28-22-9-4-5-10-23(22)32-2/h4-14,17H,3,15-16H2,1-2H3,(H,27,30)(H,28,31). The van der Waals surface area contributed by atoms with Gasteiger partial charge in [-0.2, -0.15) is 0 Å². The zero-order valence-electron chi connectivity index (χ0n) is 18.1. The van der Waals surface area contributed by atoms with E-state index in [0.29, 0.717) is 35.8 Å². The van der Waals surface area contributed by atoms with Gasteiger partial charge in [-0.05, 0) is 61.5 Å². The van der Waals surface area contributed by atoms with E-state index in [-0.39, 0.29) is 24.1 Å². The highest BCUT2D eigenvalue weighted by molar-refractivity contribution is 6.05. The van der Waals surface area contributed by atoms with Gasteiger partial charge in [0.1, 0.15) is 11.6 Å². The van der Waals surface area contributed by atoms with Gasteiger partial charge < -0.3 is 20.3 Å². The average molecular weight is 435 g/mol. The van der Waals surface area contributed by atoms with Crippen molar-refractivity contribution in [3.05, 3.63) is 84.2 Å². The molecule has 2 N–H and O–H groups in total. The van der Waals surface area contributed by atoms with Crippen LogP contribution in [0.15, 0.2) is 72.8 Å². The van der Waals surface area contributed by atoms with Crippen molar-refractivity contribution in [3.63, 3.8) is 0 Å². The number of hydrogen-bond acceptors (Lipinski definition) is 4. The predicted octanol–water partition coefficient (Wildman–Crippen LogP) is 4.94. The molecule has 6 nitrogen and oxygen atoms in total. The van der Waals surface area contributed by atoms with E-state index in [1.165, 1.54) is 12.1 Å². The molecule has 166 valence electrons. The molecular formula is C25H26FN3O3. The van der Waals surface area contributed by atoms with Gasteiger partial charge in [0, 0.05) is 36.4 Å². The quantitative estimate of drug-likeness (QED) is 0.499. The van der Waals surface area contributed by atoms with Crippen molar-refractivity contribution >= 4 is 28.9 Å². The molecule has 0 saturated heterocycles. The summed E-state index contributed by atoms with van der Waals surface area (Å²) in [5.74, 6) is -0.170. The molecule has 0 spiro atoms. The molecule has 0 aliphatic heterocycles. The number of para-hydroxylation sites is 2. The molecule has 0 heterocycles. The van der Waals surface area contributed by atoms with Crippen LogP contribution in [0, 0.1) is 5.82 Å².